The van der Waals surface area contributed by atoms with Crippen molar-refractivity contribution in [3.8, 4) is 0 Å². The van der Waals surface area contributed by atoms with E-state index in [4.69, 9.17) is 0 Å². The summed E-state index contributed by atoms with van der Waals surface area (Å²) in [4.78, 5) is 0. The maximum atomic E-state index is 2.59. The maximum Gasteiger partial charge on any atom is -1.00 e. The van der Waals surface area contributed by atoms with Crippen LogP contribution in [0.25, 0.3) is 0 Å². The first kappa shape index (κ1) is 21.6. The monoisotopic (exact) mass is 498 g/mol. The molecule has 0 N–H and O–H groups in total. The minimum absolute atomic E-state index is 0. The van der Waals surface area contributed by atoms with Crippen molar-refractivity contribution in [1.29, 1.82) is 0 Å². The third kappa shape index (κ3) is 3.46. The Morgan fingerprint density at radius 3 is 1.59 bits per heavy atom. The minimum atomic E-state index is -0.577. The van der Waals surface area contributed by atoms with Gasteiger partial charge in [0.1, 0.15) is 0 Å². The smallest absolute Gasteiger partial charge is 1.00 e. The van der Waals surface area contributed by atoms with Gasteiger partial charge in [0.25, 0.3) is 0 Å². The van der Waals surface area contributed by atoms with E-state index >= 15 is 0 Å². The molecule has 0 saturated heterocycles. The van der Waals surface area contributed by atoms with Gasteiger partial charge in [-0.05, 0) is 0 Å². The van der Waals surface area contributed by atoms with Gasteiger partial charge in [0, 0.05) is 0 Å². The van der Waals surface area contributed by atoms with Crippen LogP contribution in [0.1, 0.15) is 6.42 Å². The Bertz CT molecular complexity index is 871. The van der Waals surface area contributed by atoms with Crippen molar-refractivity contribution in [2.24, 2.45) is 47.3 Å². The molecule has 6 aliphatic carbocycles. The van der Waals surface area contributed by atoms with Crippen LogP contribution in [-0.4, -0.2) is 0 Å². The molecular weight excluding hydrogens is 474 g/mol. The first-order valence-corrected chi connectivity index (χ1v) is 13.2. The number of hydrogen-bond donors (Lipinski definition) is 0. The minimum Gasteiger partial charge on any atom is -1.00 e. The van der Waals surface area contributed by atoms with Crippen molar-refractivity contribution in [1.82, 2.24) is 0 Å². The number of allylic oxidation sites excluding steroid dienone is 16. The number of rotatable bonds is 2. The molecule has 0 amide bonds. The third-order valence-corrected chi connectivity index (χ3v) is 12.4. The molecule has 0 radical (unpaired) electrons. The number of halogens is 2. The summed E-state index contributed by atoms with van der Waals surface area (Å²) in [6, 6.07) is 0. The predicted octanol–water partition coefficient (Wildman–Crippen LogP) is 0.0440. The van der Waals surface area contributed by atoms with Gasteiger partial charge in [-0.25, -0.2) is 0 Å². The molecule has 148 valence electrons. The van der Waals surface area contributed by atoms with Gasteiger partial charge in [0.05, 0.1) is 0 Å². The Kier molecular flexibility index (Phi) is 6.60. The first-order valence-electron chi connectivity index (χ1n) is 10.6. The van der Waals surface area contributed by atoms with Gasteiger partial charge in [0.15, 0.2) is 0 Å². The number of hydrogen-bond acceptors (Lipinski definition) is 0. The summed E-state index contributed by atoms with van der Waals surface area (Å²) in [6.07, 6.45) is 37.7. The van der Waals surface area contributed by atoms with E-state index < -0.39 is 23.2 Å². The van der Waals surface area contributed by atoms with E-state index in [1.165, 1.54) is 6.42 Å². The van der Waals surface area contributed by atoms with Crippen molar-refractivity contribution in [2.45, 2.75) is 10.0 Å². The van der Waals surface area contributed by atoms with Gasteiger partial charge in [-0.15, -0.1) is 0 Å². The fourth-order valence-corrected chi connectivity index (χ4v) is 11.9. The zero-order valence-corrected chi connectivity index (χ0v) is 20.3. The Labute approximate surface area is 198 Å². The fourth-order valence-electron chi connectivity index (χ4n) is 6.93. The summed E-state index contributed by atoms with van der Waals surface area (Å²) in [5.74, 6) is 6.09. The molecule has 2 saturated carbocycles. The Morgan fingerprint density at radius 1 is 0.552 bits per heavy atom. The Morgan fingerprint density at radius 2 is 1.03 bits per heavy atom. The average molecular weight is 501 g/mol. The molecule has 6 rings (SSSR count). The van der Waals surface area contributed by atoms with Crippen molar-refractivity contribution >= 4 is 0 Å². The van der Waals surface area contributed by atoms with Crippen LogP contribution in [0.2, 0.25) is 3.63 Å². The normalized spacial score (nSPS) is 44.0. The molecule has 6 aliphatic rings. The van der Waals surface area contributed by atoms with Crippen LogP contribution in [0, 0.1) is 47.3 Å². The Hall–Kier alpha value is -0.617. The van der Waals surface area contributed by atoms with E-state index in [-0.39, 0.29) is 24.8 Å². The van der Waals surface area contributed by atoms with Gasteiger partial charge in [-0.3, -0.25) is 0 Å². The van der Waals surface area contributed by atoms with E-state index in [2.05, 4.69) is 91.1 Å². The molecule has 29 heavy (non-hydrogen) atoms. The molecule has 0 heterocycles. The van der Waals surface area contributed by atoms with Crippen LogP contribution in [0.15, 0.2) is 94.4 Å². The second-order valence-corrected chi connectivity index (χ2v) is 12.8. The topological polar surface area (TPSA) is 0 Å². The van der Waals surface area contributed by atoms with E-state index in [1.54, 1.807) is 0 Å². The molecule has 0 aromatic carbocycles. The third-order valence-electron chi connectivity index (χ3n) is 7.84. The maximum absolute atomic E-state index is 2.59. The Balaban J connectivity index is 0.00000102. The van der Waals surface area contributed by atoms with Crippen molar-refractivity contribution < 1.29 is 48.0 Å². The molecule has 0 spiro atoms. The van der Waals surface area contributed by atoms with Crippen LogP contribution in [0.4, 0.5) is 0 Å². The molecule has 9 atom stereocenters. The molecule has 0 aromatic rings. The quantitative estimate of drug-likeness (QED) is 0.503. The zero-order chi connectivity index (χ0) is 17.8. The van der Waals surface area contributed by atoms with Gasteiger partial charge < -0.3 is 24.8 Å². The molecule has 2 fully saturated rings. The molecule has 0 aliphatic heterocycles. The van der Waals surface area contributed by atoms with Crippen LogP contribution in [0.5, 0.6) is 0 Å². The van der Waals surface area contributed by atoms with Gasteiger partial charge in [-0.1, -0.05) is 0 Å². The largest absolute Gasteiger partial charge is 1.00 e. The van der Waals surface area contributed by atoms with Crippen LogP contribution < -0.4 is 24.8 Å². The van der Waals surface area contributed by atoms with Crippen molar-refractivity contribution in [2.75, 3.05) is 0 Å². The molecule has 0 nitrogen and oxygen atoms in total. The van der Waals surface area contributed by atoms with E-state index in [0.717, 1.165) is 39.1 Å². The number of fused-ring (bicyclic) bond motifs is 8. The molecular formula is C26H26Cl2Zr. The predicted molar refractivity (Wildman–Crippen MR) is 108 cm³/mol. The van der Waals surface area contributed by atoms with E-state index in [1.807, 2.05) is 3.28 Å². The summed E-state index contributed by atoms with van der Waals surface area (Å²) in [6.45, 7) is 0. The summed E-state index contributed by atoms with van der Waals surface area (Å²) in [5.41, 5.74) is 0. The second kappa shape index (κ2) is 8.86. The second-order valence-electron chi connectivity index (χ2n) is 8.92. The van der Waals surface area contributed by atoms with Crippen molar-refractivity contribution in [3.05, 3.63) is 94.4 Å². The van der Waals surface area contributed by atoms with E-state index in [0.29, 0.717) is 11.8 Å². The fraction of sp³-hybridized carbons (Fsp3) is 0.385. The van der Waals surface area contributed by atoms with Gasteiger partial charge >= 0.3 is 175 Å². The van der Waals surface area contributed by atoms with Crippen LogP contribution >= 0.6 is 0 Å². The van der Waals surface area contributed by atoms with Crippen LogP contribution in [0.3, 0.4) is 0 Å². The SMILES string of the molecule is C1=CC[C]([Zr+2][CH]2C3C=CC=CC3C3C4C=CC=CC4C4C=CC=CC4C23)=C1.[Cl-].[Cl-]. The summed E-state index contributed by atoms with van der Waals surface area (Å²) < 4.78 is 2.76. The summed E-state index contributed by atoms with van der Waals surface area (Å²) in [7, 11) is 0. The van der Waals surface area contributed by atoms with Gasteiger partial charge in [0.2, 0.25) is 0 Å². The standard InChI is InChI=1S/C21H21.C5H5.2ClH.Zr/c1-2-8-15-14(7-1)13-20-18-11-4-3-9-16(18)17-10-5-6-12-19(17)21(15)20;1-2-4-5-3-1;;;/h1-21H;1-3H,4H2;2*1H;/q;;;;+2/p-2. The molecule has 0 bridgehead atoms. The first-order chi connectivity index (χ1) is 13.4. The van der Waals surface area contributed by atoms with Crippen LogP contribution in [-0.2, 0) is 23.2 Å². The summed E-state index contributed by atoms with van der Waals surface area (Å²) >= 11 is -0.577. The zero-order valence-electron chi connectivity index (χ0n) is 16.3. The van der Waals surface area contributed by atoms with E-state index in [9.17, 15) is 0 Å². The average Bonchev–Trinajstić information content (AvgIpc) is 3.35. The van der Waals surface area contributed by atoms with Gasteiger partial charge in [-0.2, -0.15) is 0 Å². The molecule has 0 aromatic heterocycles. The van der Waals surface area contributed by atoms with Crippen molar-refractivity contribution in [3.63, 3.8) is 0 Å². The summed E-state index contributed by atoms with van der Waals surface area (Å²) in [5, 5.41) is 0. The molecule has 9 unspecified atom stereocenters. The molecule has 3 heteroatoms.